The minimum Gasteiger partial charge on any atom is -0.328 e. The van der Waals surface area contributed by atoms with Crippen molar-refractivity contribution < 1.29 is 8.42 Å². The van der Waals surface area contributed by atoms with Gasteiger partial charge in [-0.1, -0.05) is 0 Å². The lowest BCUT2D eigenvalue weighted by Crippen LogP contribution is -2.44. The molecule has 2 atom stereocenters. The Bertz CT molecular complexity index is 557. The van der Waals surface area contributed by atoms with Gasteiger partial charge < -0.3 is 5.73 Å². The first-order valence-electron chi connectivity index (χ1n) is 6.52. The zero-order chi connectivity index (χ0) is 14.2. The van der Waals surface area contributed by atoms with Gasteiger partial charge in [0.2, 0.25) is 0 Å². The molecular weight excluding hydrogens is 318 g/mol. The summed E-state index contributed by atoms with van der Waals surface area (Å²) in [5.41, 5.74) is 6.52. The number of aromatic nitrogens is 1. The van der Waals surface area contributed by atoms with Gasteiger partial charge in [0.1, 0.15) is 0 Å². The molecule has 1 saturated heterocycles. The molecule has 0 aromatic carbocycles. The Morgan fingerprint density at radius 2 is 2.10 bits per heavy atom. The third-order valence-electron chi connectivity index (χ3n) is 3.60. The van der Waals surface area contributed by atoms with Crippen molar-refractivity contribution in [3.05, 3.63) is 10.7 Å². The van der Waals surface area contributed by atoms with E-state index in [-0.39, 0.29) is 24.4 Å². The number of nitrogens with two attached hydrogens (primary N) is 1. The lowest BCUT2D eigenvalue weighted by Gasteiger charge is -2.33. The Kier molecular flexibility index (Phi) is 5.98. The number of aryl methyl sites for hydroxylation is 2. The Morgan fingerprint density at radius 3 is 2.60 bits per heavy atom. The molecule has 5 nitrogen and oxygen atoms in total. The summed E-state index contributed by atoms with van der Waals surface area (Å²) in [6.07, 6.45) is 1.88. The van der Waals surface area contributed by atoms with Crippen LogP contribution in [0.3, 0.4) is 0 Å². The molecule has 116 valence electrons. The molecule has 1 fully saturated rings. The molecule has 2 rings (SSSR count). The lowest BCUT2D eigenvalue weighted by molar-refractivity contribution is 0.243. The van der Waals surface area contributed by atoms with Crippen LogP contribution in [0.5, 0.6) is 0 Å². The molecule has 1 aromatic rings. The molecule has 0 amide bonds. The zero-order valence-corrected chi connectivity index (χ0v) is 14.4. The van der Waals surface area contributed by atoms with Crippen molar-refractivity contribution in [2.24, 2.45) is 11.7 Å². The molecule has 8 heteroatoms. The summed E-state index contributed by atoms with van der Waals surface area (Å²) in [6.45, 7) is 6.64. The van der Waals surface area contributed by atoms with Gasteiger partial charge in [-0.25, -0.2) is 13.4 Å². The average Bonchev–Trinajstić information content (AvgIpc) is 2.69. The van der Waals surface area contributed by atoms with Crippen LogP contribution >= 0.6 is 23.7 Å². The molecule has 2 unspecified atom stereocenters. The zero-order valence-electron chi connectivity index (χ0n) is 12.0. The van der Waals surface area contributed by atoms with Crippen LogP contribution in [0.4, 0.5) is 0 Å². The summed E-state index contributed by atoms with van der Waals surface area (Å²) in [5, 5.41) is 0.789. The lowest BCUT2D eigenvalue weighted by atomic mass is 9.93. The molecule has 20 heavy (non-hydrogen) atoms. The molecule has 1 aromatic heterocycles. The highest BCUT2D eigenvalue weighted by Crippen LogP contribution is 2.30. The van der Waals surface area contributed by atoms with Crippen LogP contribution in [0, 0.1) is 19.8 Å². The van der Waals surface area contributed by atoms with Gasteiger partial charge in [-0.2, -0.15) is 4.31 Å². The predicted octanol–water partition coefficient (Wildman–Crippen LogP) is 1.93. The Labute approximate surface area is 131 Å². The maximum atomic E-state index is 12.6. The van der Waals surface area contributed by atoms with E-state index in [4.69, 9.17) is 5.73 Å². The van der Waals surface area contributed by atoms with Crippen molar-refractivity contribution in [3.8, 4) is 0 Å². The van der Waals surface area contributed by atoms with Crippen LogP contribution in [0.1, 0.15) is 30.5 Å². The van der Waals surface area contributed by atoms with Crippen LogP contribution in [0.15, 0.2) is 4.21 Å². The molecule has 0 spiro atoms. The fraction of sp³-hybridized carbons (Fsp3) is 0.750. The molecule has 1 aliphatic heterocycles. The van der Waals surface area contributed by atoms with Gasteiger partial charge in [0, 0.05) is 19.1 Å². The second-order valence-corrected chi connectivity index (χ2v) is 8.57. The van der Waals surface area contributed by atoms with Gasteiger partial charge in [-0.3, -0.25) is 0 Å². The fourth-order valence-electron chi connectivity index (χ4n) is 2.49. The smallest absolute Gasteiger partial charge is 0.254 e. The van der Waals surface area contributed by atoms with Crippen LogP contribution in [-0.2, 0) is 10.0 Å². The van der Waals surface area contributed by atoms with Crippen molar-refractivity contribution in [3.63, 3.8) is 0 Å². The van der Waals surface area contributed by atoms with Gasteiger partial charge in [-0.15, -0.1) is 23.7 Å². The number of hydrogen-bond donors (Lipinski definition) is 1. The minimum atomic E-state index is -3.40. The van der Waals surface area contributed by atoms with E-state index in [9.17, 15) is 8.42 Å². The maximum Gasteiger partial charge on any atom is 0.254 e. The number of piperidine rings is 1. The number of thiazole rings is 1. The third kappa shape index (κ3) is 3.51. The van der Waals surface area contributed by atoms with E-state index >= 15 is 0 Å². The first-order valence-corrected chi connectivity index (χ1v) is 8.78. The maximum absolute atomic E-state index is 12.6. The van der Waals surface area contributed by atoms with Gasteiger partial charge in [0.15, 0.2) is 4.21 Å². The van der Waals surface area contributed by atoms with Crippen molar-refractivity contribution in [1.82, 2.24) is 9.29 Å². The molecule has 0 bridgehead atoms. The van der Waals surface area contributed by atoms with E-state index in [1.807, 2.05) is 13.8 Å². The summed E-state index contributed by atoms with van der Waals surface area (Å²) < 4.78 is 27.2. The van der Waals surface area contributed by atoms with Gasteiger partial charge >= 0.3 is 0 Å². The number of nitrogens with zero attached hydrogens (tertiary/aromatic N) is 2. The summed E-state index contributed by atoms with van der Waals surface area (Å²) in [5.74, 6) is 0.248. The molecule has 0 saturated carbocycles. The largest absolute Gasteiger partial charge is 0.328 e. The summed E-state index contributed by atoms with van der Waals surface area (Å²) in [6, 6.07) is 0.0299. The number of halogens is 1. The molecule has 1 aliphatic rings. The SMILES string of the molecule is Cc1nc(C)c(S(=O)(=O)N2CCCC(C(C)N)C2)s1.Cl. The van der Waals surface area contributed by atoms with E-state index in [1.165, 1.54) is 11.3 Å². The second-order valence-electron chi connectivity index (χ2n) is 5.23. The van der Waals surface area contributed by atoms with E-state index in [0.29, 0.717) is 23.0 Å². The Morgan fingerprint density at radius 1 is 1.45 bits per heavy atom. The quantitative estimate of drug-likeness (QED) is 0.912. The van der Waals surface area contributed by atoms with Crippen molar-refractivity contribution in [1.29, 1.82) is 0 Å². The van der Waals surface area contributed by atoms with Gasteiger partial charge in [0.25, 0.3) is 10.0 Å². The Hall–Kier alpha value is -0.210. The monoisotopic (exact) mass is 339 g/mol. The molecule has 0 radical (unpaired) electrons. The van der Waals surface area contributed by atoms with Gasteiger partial charge in [-0.05, 0) is 39.5 Å². The highest BCUT2D eigenvalue weighted by atomic mass is 35.5. The fourth-order valence-corrected chi connectivity index (χ4v) is 5.64. The molecule has 2 heterocycles. The second kappa shape index (κ2) is 6.70. The van der Waals surface area contributed by atoms with E-state index < -0.39 is 10.0 Å². The number of hydrogen-bond acceptors (Lipinski definition) is 5. The summed E-state index contributed by atoms with van der Waals surface area (Å²) >= 11 is 1.25. The molecular formula is C12H22ClN3O2S2. The van der Waals surface area contributed by atoms with E-state index in [1.54, 1.807) is 11.2 Å². The highest BCUT2D eigenvalue weighted by Gasteiger charge is 2.33. The minimum absolute atomic E-state index is 0. The van der Waals surface area contributed by atoms with Gasteiger partial charge in [0.05, 0.1) is 10.7 Å². The molecule has 0 aliphatic carbocycles. The van der Waals surface area contributed by atoms with Crippen LogP contribution in [0.2, 0.25) is 0 Å². The van der Waals surface area contributed by atoms with Crippen LogP contribution in [-0.4, -0.2) is 36.8 Å². The van der Waals surface area contributed by atoms with Crippen LogP contribution < -0.4 is 5.73 Å². The summed E-state index contributed by atoms with van der Waals surface area (Å²) in [7, 11) is -3.40. The first-order chi connectivity index (χ1) is 8.82. The Balaban J connectivity index is 0.00000200. The van der Waals surface area contributed by atoms with Crippen molar-refractivity contribution in [2.45, 2.75) is 43.9 Å². The number of sulfonamides is 1. The van der Waals surface area contributed by atoms with E-state index in [0.717, 1.165) is 17.8 Å². The average molecular weight is 340 g/mol. The third-order valence-corrected chi connectivity index (χ3v) is 7.12. The highest BCUT2D eigenvalue weighted by molar-refractivity contribution is 7.91. The van der Waals surface area contributed by atoms with Crippen molar-refractivity contribution >= 4 is 33.8 Å². The molecule has 2 N–H and O–H groups in total. The first kappa shape index (κ1) is 17.8. The predicted molar refractivity (Wildman–Crippen MR) is 84.0 cm³/mol. The summed E-state index contributed by atoms with van der Waals surface area (Å²) in [4.78, 5) is 4.21. The number of rotatable bonds is 3. The van der Waals surface area contributed by atoms with Crippen LogP contribution in [0.25, 0.3) is 0 Å². The van der Waals surface area contributed by atoms with E-state index in [2.05, 4.69) is 4.98 Å². The normalized spacial score (nSPS) is 22.3. The standard InChI is InChI=1S/C12H21N3O2S2.ClH/c1-8(13)11-5-4-6-15(7-11)19(16,17)12-9(2)14-10(3)18-12;/h8,11H,4-7,13H2,1-3H3;1H. The van der Waals surface area contributed by atoms with Crippen molar-refractivity contribution in [2.75, 3.05) is 13.1 Å². The topological polar surface area (TPSA) is 76.3 Å².